The van der Waals surface area contributed by atoms with E-state index in [0.29, 0.717) is 12.3 Å². The van der Waals surface area contributed by atoms with Crippen molar-refractivity contribution < 1.29 is 46.5 Å². The average Bonchev–Trinajstić information content (AvgIpc) is 3.21. The van der Waals surface area contributed by atoms with E-state index in [0.717, 1.165) is 17.0 Å². The SMILES string of the molecule is CCOC(=O)/C(C=Nc1ccc(N2CC(CNC(C)=O)OC2=O)cc1F)=C(/O)c1cc(F)c(F)cc1F. The lowest BCUT2D eigenvalue weighted by molar-refractivity contribution is -0.137. The number of cyclic esters (lactones) is 1. The number of esters is 1. The summed E-state index contributed by atoms with van der Waals surface area (Å²) in [5.41, 5.74) is -1.81. The van der Waals surface area contributed by atoms with E-state index < -0.39 is 58.3 Å². The van der Waals surface area contributed by atoms with E-state index in [1.807, 2.05) is 0 Å². The van der Waals surface area contributed by atoms with Crippen LogP contribution in [0.2, 0.25) is 0 Å². The smallest absolute Gasteiger partial charge is 0.414 e. The summed E-state index contributed by atoms with van der Waals surface area (Å²) in [5.74, 6) is -7.90. The molecule has 1 heterocycles. The normalized spacial score (nSPS) is 16.0. The number of benzene rings is 2. The lowest BCUT2D eigenvalue weighted by atomic mass is 10.1. The van der Waals surface area contributed by atoms with Crippen LogP contribution in [-0.4, -0.2) is 55.1 Å². The number of halogens is 4. The number of hydrogen-bond acceptors (Lipinski definition) is 7. The average molecular weight is 523 g/mol. The van der Waals surface area contributed by atoms with Crippen LogP contribution in [-0.2, 0) is 19.1 Å². The van der Waals surface area contributed by atoms with E-state index in [1.54, 1.807) is 0 Å². The number of aliphatic hydroxyl groups excluding tert-OH is 1. The van der Waals surface area contributed by atoms with Crippen LogP contribution in [0, 0.1) is 23.3 Å². The molecule has 1 unspecified atom stereocenters. The van der Waals surface area contributed by atoms with Crippen LogP contribution in [0.3, 0.4) is 0 Å². The van der Waals surface area contributed by atoms with Crippen LogP contribution in [0.15, 0.2) is 40.9 Å². The van der Waals surface area contributed by atoms with Crippen LogP contribution in [0.5, 0.6) is 0 Å². The predicted octanol–water partition coefficient (Wildman–Crippen LogP) is 3.94. The third-order valence-electron chi connectivity index (χ3n) is 5.04. The molecular weight excluding hydrogens is 502 g/mol. The molecule has 1 aliphatic heterocycles. The topological polar surface area (TPSA) is 118 Å². The molecule has 13 heteroatoms. The van der Waals surface area contributed by atoms with E-state index in [2.05, 4.69) is 10.3 Å². The molecule has 1 saturated heterocycles. The Bertz CT molecular complexity index is 1300. The molecule has 2 N–H and O–H groups in total. The first-order valence-corrected chi connectivity index (χ1v) is 10.8. The quantitative estimate of drug-likeness (QED) is 0.135. The van der Waals surface area contributed by atoms with Crippen molar-refractivity contribution in [3.8, 4) is 0 Å². The molecule has 37 heavy (non-hydrogen) atoms. The molecule has 0 bridgehead atoms. The van der Waals surface area contributed by atoms with Crippen molar-refractivity contribution >= 4 is 41.3 Å². The van der Waals surface area contributed by atoms with E-state index in [4.69, 9.17) is 9.47 Å². The summed E-state index contributed by atoms with van der Waals surface area (Å²) < 4.78 is 65.7. The van der Waals surface area contributed by atoms with Gasteiger partial charge in [-0.15, -0.1) is 0 Å². The first kappa shape index (κ1) is 27.2. The monoisotopic (exact) mass is 523 g/mol. The van der Waals surface area contributed by atoms with Crippen molar-refractivity contribution in [3.05, 3.63) is 64.7 Å². The van der Waals surface area contributed by atoms with Gasteiger partial charge in [0.2, 0.25) is 5.91 Å². The van der Waals surface area contributed by atoms with Crippen molar-refractivity contribution in [2.45, 2.75) is 20.0 Å². The second-order valence-corrected chi connectivity index (χ2v) is 7.68. The van der Waals surface area contributed by atoms with Crippen LogP contribution >= 0.6 is 0 Å². The van der Waals surface area contributed by atoms with Gasteiger partial charge in [-0.3, -0.25) is 14.7 Å². The number of ether oxygens (including phenoxy) is 2. The van der Waals surface area contributed by atoms with Gasteiger partial charge in [-0.2, -0.15) is 0 Å². The number of amides is 2. The molecule has 1 atom stereocenters. The molecule has 2 aromatic carbocycles. The highest BCUT2D eigenvalue weighted by atomic mass is 19.2. The van der Waals surface area contributed by atoms with Gasteiger partial charge in [0.1, 0.15) is 23.3 Å². The summed E-state index contributed by atoms with van der Waals surface area (Å²) >= 11 is 0. The molecule has 0 spiro atoms. The second-order valence-electron chi connectivity index (χ2n) is 7.68. The molecule has 3 rings (SSSR count). The predicted molar refractivity (Wildman–Crippen MR) is 123 cm³/mol. The Morgan fingerprint density at radius 1 is 1.16 bits per heavy atom. The maximum Gasteiger partial charge on any atom is 0.414 e. The first-order chi connectivity index (χ1) is 17.5. The van der Waals surface area contributed by atoms with E-state index in [-0.39, 0.29) is 43.0 Å². The Morgan fingerprint density at radius 2 is 1.86 bits per heavy atom. The zero-order chi connectivity index (χ0) is 27.3. The highest BCUT2D eigenvalue weighted by Gasteiger charge is 2.32. The van der Waals surface area contributed by atoms with Crippen molar-refractivity contribution in [1.29, 1.82) is 0 Å². The van der Waals surface area contributed by atoms with Crippen LogP contribution in [0.1, 0.15) is 19.4 Å². The zero-order valence-corrected chi connectivity index (χ0v) is 19.6. The largest absolute Gasteiger partial charge is 0.506 e. The third kappa shape index (κ3) is 6.42. The number of anilines is 1. The van der Waals surface area contributed by atoms with Crippen molar-refractivity contribution in [3.63, 3.8) is 0 Å². The maximum absolute atomic E-state index is 14.8. The molecule has 1 aliphatic rings. The molecule has 1 fully saturated rings. The molecule has 2 aromatic rings. The summed E-state index contributed by atoms with van der Waals surface area (Å²) in [5, 5.41) is 12.9. The summed E-state index contributed by atoms with van der Waals surface area (Å²) in [4.78, 5) is 40.4. The lowest BCUT2D eigenvalue weighted by Crippen LogP contribution is -2.33. The Hall–Kier alpha value is -4.42. The minimum absolute atomic E-state index is 0.0462. The summed E-state index contributed by atoms with van der Waals surface area (Å²) in [6, 6.07) is 3.99. The standard InChI is InChI=1S/C24H21F4N3O6/c1-3-36-23(34)16(22(33)15-7-18(26)19(27)8-17(15)25)10-30-21-5-4-13(6-20(21)28)31-11-14(37-24(31)35)9-29-12(2)32/h4-8,10,14,33H,3,9,11H2,1-2H3,(H,29,32)/b22-16+,30-10?. The number of hydrogen-bond donors (Lipinski definition) is 2. The van der Waals surface area contributed by atoms with Gasteiger partial charge >= 0.3 is 12.1 Å². The minimum Gasteiger partial charge on any atom is -0.506 e. The van der Waals surface area contributed by atoms with E-state index in [9.17, 15) is 37.1 Å². The number of carbonyl (C=O) groups excluding carboxylic acids is 3. The van der Waals surface area contributed by atoms with Gasteiger partial charge in [0.25, 0.3) is 0 Å². The Kier molecular flexibility index (Phi) is 8.48. The van der Waals surface area contributed by atoms with Gasteiger partial charge in [-0.25, -0.2) is 27.2 Å². The van der Waals surface area contributed by atoms with Crippen LogP contribution < -0.4 is 10.2 Å². The number of rotatable bonds is 8. The zero-order valence-electron chi connectivity index (χ0n) is 19.6. The first-order valence-electron chi connectivity index (χ1n) is 10.8. The highest BCUT2D eigenvalue weighted by Crippen LogP contribution is 2.28. The van der Waals surface area contributed by atoms with E-state index in [1.165, 1.54) is 19.9 Å². The Balaban J connectivity index is 1.89. The molecule has 0 saturated carbocycles. The Labute approximate surface area is 208 Å². The Morgan fingerprint density at radius 3 is 2.51 bits per heavy atom. The molecule has 0 radical (unpaired) electrons. The fourth-order valence-electron chi connectivity index (χ4n) is 3.27. The van der Waals surface area contributed by atoms with Gasteiger partial charge in [0.05, 0.1) is 36.6 Å². The minimum atomic E-state index is -1.51. The molecular formula is C24H21F4N3O6. The number of nitrogens with one attached hydrogen (secondary N) is 1. The highest BCUT2D eigenvalue weighted by molar-refractivity contribution is 6.15. The second kappa shape index (κ2) is 11.5. The van der Waals surface area contributed by atoms with Gasteiger partial charge in [0.15, 0.2) is 17.5 Å². The number of carbonyl (C=O) groups is 3. The van der Waals surface area contributed by atoms with Crippen LogP contribution in [0.4, 0.5) is 33.7 Å². The molecule has 196 valence electrons. The maximum atomic E-state index is 14.8. The number of nitrogens with zero attached hydrogens (tertiary/aromatic N) is 2. The summed E-state index contributed by atoms with van der Waals surface area (Å²) in [7, 11) is 0. The molecule has 0 aliphatic carbocycles. The van der Waals surface area contributed by atoms with Crippen molar-refractivity contribution in [2.24, 2.45) is 4.99 Å². The molecule has 2 amide bonds. The molecule has 9 nitrogen and oxygen atoms in total. The lowest BCUT2D eigenvalue weighted by Gasteiger charge is -2.13. The fraction of sp³-hybridized carbons (Fsp3) is 0.250. The third-order valence-corrected chi connectivity index (χ3v) is 5.04. The number of aliphatic hydroxyl groups is 1. The van der Waals surface area contributed by atoms with Gasteiger partial charge < -0.3 is 19.9 Å². The fourth-order valence-corrected chi connectivity index (χ4v) is 3.27. The summed E-state index contributed by atoms with van der Waals surface area (Å²) in [6.07, 6.45) is -0.717. The van der Waals surface area contributed by atoms with Crippen molar-refractivity contribution in [2.75, 3.05) is 24.6 Å². The van der Waals surface area contributed by atoms with Gasteiger partial charge in [-0.05, 0) is 31.2 Å². The summed E-state index contributed by atoms with van der Waals surface area (Å²) in [6.45, 7) is 2.73. The molecule has 0 aromatic heterocycles. The van der Waals surface area contributed by atoms with E-state index >= 15 is 0 Å². The van der Waals surface area contributed by atoms with Gasteiger partial charge in [0, 0.05) is 19.2 Å². The number of aliphatic imine (C=N–C) groups is 1. The van der Waals surface area contributed by atoms with Gasteiger partial charge in [-0.1, -0.05) is 0 Å². The van der Waals surface area contributed by atoms with Crippen LogP contribution in [0.25, 0.3) is 5.76 Å². The van der Waals surface area contributed by atoms with Crippen molar-refractivity contribution in [1.82, 2.24) is 5.32 Å².